The van der Waals surface area contributed by atoms with Crippen molar-refractivity contribution in [3.63, 3.8) is 0 Å². The van der Waals surface area contributed by atoms with Gasteiger partial charge >= 0.3 is 6.03 Å². The van der Waals surface area contributed by atoms with Crippen molar-refractivity contribution in [3.05, 3.63) is 59.7 Å². The Morgan fingerprint density at radius 3 is 2.50 bits per heavy atom. The second-order valence-corrected chi connectivity index (χ2v) is 6.33. The first kappa shape index (κ1) is 18.2. The topological polar surface area (TPSA) is 73.5 Å². The number of urea groups is 1. The smallest absolute Gasteiger partial charge is 0.321 e. The molecule has 26 heavy (non-hydrogen) atoms. The predicted molar refractivity (Wildman–Crippen MR) is 104 cm³/mol. The first-order chi connectivity index (χ1) is 12.2. The highest BCUT2D eigenvalue weighted by Crippen LogP contribution is 2.21. The summed E-state index contributed by atoms with van der Waals surface area (Å²) in [5, 5.41) is 9.01. The van der Waals surface area contributed by atoms with Crippen LogP contribution in [-0.4, -0.2) is 31.1 Å². The standard InChI is InChI=1S/C19H20N4O2.ClH/c24-18(17-11-13-3-1-2-4-14(13)12-21-17)22-15-5-7-16(8-6-15)23-10-9-20-19(23)25;/h1-8,17,21H,9-12H2,(H,20,25)(H,22,24);1H. The van der Waals surface area contributed by atoms with Crippen molar-refractivity contribution in [2.75, 3.05) is 23.3 Å². The number of rotatable bonds is 3. The van der Waals surface area contributed by atoms with E-state index in [4.69, 9.17) is 0 Å². The molecule has 2 heterocycles. The molecule has 2 aliphatic heterocycles. The quantitative estimate of drug-likeness (QED) is 0.774. The fourth-order valence-corrected chi connectivity index (χ4v) is 3.31. The zero-order valence-corrected chi connectivity index (χ0v) is 15.0. The molecule has 0 bridgehead atoms. The van der Waals surface area contributed by atoms with Gasteiger partial charge in [-0.25, -0.2) is 4.79 Å². The number of fused-ring (bicyclic) bond motifs is 1. The summed E-state index contributed by atoms with van der Waals surface area (Å²) >= 11 is 0. The molecule has 0 aliphatic carbocycles. The van der Waals surface area contributed by atoms with Crippen LogP contribution in [0.2, 0.25) is 0 Å². The largest absolute Gasteiger partial charge is 0.336 e. The molecule has 3 amide bonds. The lowest BCUT2D eigenvalue weighted by Crippen LogP contribution is -2.44. The monoisotopic (exact) mass is 372 g/mol. The Labute approximate surface area is 158 Å². The molecule has 1 unspecified atom stereocenters. The number of benzene rings is 2. The lowest BCUT2D eigenvalue weighted by Gasteiger charge is -2.25. The average molecular weight is 373 g/mol. The van der Waals surface area contributed by atoms with E-state index >= 15 is 0 Å². The van der Waals surface area contributed by atoms with Crippen molar-refractivity contribution < 1.29 is 9.59 Å². The van der Waals surface area contributed by atoms with Crippen LogP contribution in [0.4, 0.5) is 16.2 Å². The second-order valence-electron chi connectivity index (χ2n) is 6.33. The maximum absolute atomic E-state index is 12.5. The normalized spacial score (nSPS) is 18.5. The highest BCUT2D eigenvalue weighted by atomic mass is 35.5. The third kappa shape index (κ3) is 3.66. The molecule has 6 nitrogen and oxygen atoms in total. The number of nitrogens with one attached hydrogen (secondary N) is 3. The molecule has 7 heteroatoms. The molecule has 2 aromatic carbocycles. The van der Waals surface area contributed by atoms with E-state index in [1.807, 2.05) is 36.4 Å². The van der Waals surface area contributed by atoms with Crippen LogP contribution in [-0.2, 0) is 17.8 Å². The summed E-state index contributed by atoms with van der Waals surface area (Å²) in [6.07, 6.45) is 0.689. The van der Waals surface area contributed by atoms with E-state index in [1.165, 1.54) is 11.1 Å². The van der Waals surface area contributed by atoms with Gasteiger partial charge in [0.1, 0.15) is 0 Å². The fourth-order valence-electron chi connectivity index (χ4n) is 3.31. The zero-order valence-electron chi connectivity index (χ0n) is 14.2. The van der Waals surface area contributed by atoms with Gasteiger partial charge in [0, 0.05) is 31.0 Å². The first-order valence-corrected chi connectivity index (χ1v) is 8.47. The highest BCUT2D eigenvalue weighted by molar-refractivity contribution is 5.96. The van der Waals surface area contributed by atoms with Crippen LogP contribution in [0, 0.1) is 0 Å². The van der Waals surface area contributed by atoms with Crippen molar-refractivity contribution in [1.82, 2.24) is 10.6 Å². The zero-order chi connectivity index (χ0) is 17.2. The van der Waals surface area contributed by atoms with Gasteiger partial charge in [0.15, 0.2) is 0 Å². The Hall–Kier alpha value is -2.57. The Balaban J connectivity index is 0.00000196. The van der Waals surface area contributed by atoms with Crippen LogP contribution >= 0.6 is 12.4 Å². The fraction of sp³-hybridized carbons (Fsp3) is 0.263. The van der Waals surface area contributed by atoms with Gasteiger partial charge in [0.05, 0.1) is 6.04 Å². The van der Waals surface area contributed by atoms with E-state index in [0.29, 0.717) is 26.1 Å². The molecule has 0 aromatic heterocycles. The molecule has 2 aromatic rings. The Morgan fingerprint density at radius 1 is 1.08 bits per heavy atom. The number of halogens is 1. The molecular formula is C19H21ClN4O2. The SMILES string of the molecule is Cl.O=C(Nc1ccc(N2CCNC2=O)cc1)C1Cc2ccccc2CN1. The maximum Gasteiger partial charge on any atom is 0.321 e. The Morgan fingerprint density at radius 2 is 1.81 bits per heavy atom. The molecule has 136 valence electrons. The minimum atomic E-state index is -0.237. The predicted octanol–water partition coefficient (Wildman–Crippen LogP) is 2.29. The third-order valence-electron chi connectivity index (χ3n) is 4.70. The van der Waals surface area contributed by atoms with Crippen LogP contribution in [0.5, 0.6) is 0 Å². The lowest BCUT2D eigenvalue weighted by atomic mass is 9.95. The van der Waals surface area contributed by atoms with Gasteiger partial charge < -0.3 is 16.0 Å². The summed E-state index contributed by atoms with van der Waals surface area (Å²) in [5.41, 5.74) is 4.03. The summed E-state index contributed by atoms with van der Waals surface area (Å²) in [6, 6.07) is 15.2. The molecule has 3 N–H and O–H groups in total. The van der Waals surface area contributed by atoms with Crippen molar-refractivity contribution in [2.45, 2.75) is 19.0 Å². The van der Waals surface area contributed by atoms with Crippen LogP contribution in [0.3, 0.4) is 0 Å². The number of amides is 3. The third-order valence-corrected chi connectivity index (χ3v) is 4.70. The number of hydrogen-bond acceptors (Lipinski definition) is 3. The minimum Gasteiger partial charge on any atom is -0.336 e. The number of hydrogen-bond donors (Lipinski definition) is 3. The molecule has 1 saturated heterocycles. The molecule has 1 fully saturated rings. The van der Waals surface area contributed by atoms with Crippen molar-refractivity contribution >= 4 is 35.7 Å². The van der Waals surface area contributed by atoms with E-state index in [2.05, 4.69) is 28.1 Å². The van der Waals surface area contributed by atoms with Crippen LogP contribution in [0.1, 0.15) is 11.1 Å². The summed E-state index contributed by atoms with van der Waals surface area (Å²) in [4.78, 5) is 25.9. The van der Waals surface area contributed by atoms with E-state index < -0.39 is 0 Å². The average Bonchev–Trinajstić information content (AvgIpc) is 3.08. The van der Waals surface area contributed by atoms with Gasteiger partial charge in [0.25, 0.3) is 0 Å². The number of carbonyl (C=O) groups excluding carboxylic acids is 2. The molecule has 0 saturated carbocycles. The maximum atomic E-state index is 12.5. The van der Waals surface area contributed by atoms with Crippen molar-refractivity contribution in [2.24, 2.45) is 0 Å². The molecule has 0 radical (unpaired) electrons. The molecule has 2 aliphatic rings. The van der Waals surface area contributed by atoms with E-state index in [9.17, 15) is 9.59 Å². The van der Waals surface area contributed by atoms with Gasteiger partial charge in [-0.2, -0.15) is 0 Å². The van der Waals surface area contributed by atoms with Crippen molar-refractivity contribution in [1.29, 1.82) is 0 Å². The molecular weight excluding hydrogens is 352 g/mol. The number of anilines is 2. The molecule has 4 rings (SSSR count). The van der Waals surface area contributed by atoms with Gasteiger partial charge in [-0.15, -0.1) is 12.4 Å². The van der Waals surface area contributed by atoms with Crippen LogP contribution in [0.15, 0.2) is 48.5 Å². The van der Waals surface area contributed by atoms with E-state index in [1.54, 1.807) is 4.90 Å². The van der Waals surface area contributed by atoms with Crippen LogP contribution in [0.25, 0.3) is 0 Å². The minimum absolute atomic E-state index is 0. The van der Waals surface area contributed by atoms with Gasteiger partial charge in [-0.1, -0.05) is 24.3 Å². The highest BCUT2D eigenvalue weighted by Gasteiger charge is 2.24. The summed E-state index contributed by atoms with van der Waals surface area (Å²) < 4.78 is 0. The first-order valence-electron chi connectivity index (χ1n) is 8.47. The summed E-state index contributed by atoms with van der Waals surface area (Å²) in [6.45, 7) is 2.03. The van der Waals surface area contributed by atoms with Gasteiger partial charge in [-0.05, 0) is 41.8 Å². The van der Waals surface area contributed by atoms with Crippen molar-refractivity contribution in [3.8, 4) is 0 Å². The van der Waals surface area contributed by atoms with E-state index in [-0.39, 0.29) is 30.4 Å². The number of carbonyl (C=O) groups is 2. The summed E-state index contributed by atoms with van der Waals surface area (Å²) in [7, 11) is 0. The van der Waals surface area contributed by atoms with Gasteiger partial charge in [-0.3, -0.25) is 9.69 Å². The summed E-state index contributed by atoms with van der Waals surface area (Å²) in [5.74, 6) is -0.0406. The van der Waals surface area contributed by atoms with Crippen LogP contribution < -0.4 is 20.9 Å². The van der Waals surface area contributed by atoms with Gasteiger partial charge in [0.2, 0.25) is 5.91 Å². The van der Waals surface area contributed by atoms with E-state index in [0.717, 1.165) is 11.4 Å². The lowest BCUT2D eigenvalue weighted by molar-refractivity contribution is -0.118. The Kier molecular flexibility index (Phi) is 5.44. The molecule has 1 atom stereocenters. The molecule has 0 spiro atoms. The second kappa shape index (κ2) is 7.76. The Bertz CT molecular complexity index is 809. The number of nitrogens with zero attached hydrogens (tertiary/aromatic N) is 1.